The number of nitrogens with zero attached hydrogens (tertiary/aromatic N) is 2. The number of rotatable bonds is 14. The van der Waals surface area contributed by atoms with E-state index in [-0.39, 0.29) is 12.1 Å². The van der Waals surface area contributed by atoms with E-state index in [9.17, 15) is 28.0 Å². The molecule has 42 heavy (non-hydrogen) atoms. The lowest BCUT2D eigenvalue weighted by Gasteiger charge is -2.26. The molecule has 0 saturated heterocycles. The first kappa shape index (κ1) is 33.5. The van der Waals surface area contributed by atoms with E-state index in [1.165, 1.54) is 25.7 Å². The molecule has 0 aromatic heterocycles. The molecule has 2 aromatic carbocycles. The normalized spacial score (nSPS) is 15.6. The molecular formula is C28H39BF3N6O4. The van der Waals surface area contributed by atoms with Gasteiger partial charge in [0.05, 0.1) is 22.9 Å². The van der Waals surface area contributed by atoms with Crippen molar-refractivity contribution in [3.63, 3.8) is 0 Å². The second-order valence-electron chi connectivity index (χ2n) is 10.8. The van der Waals surface area contributed by atoms with Gasteiger partial charge in [-0.3, -0.25) is 14.8 Å². The van der Waals surface area contributed by atoms with Crippen LogP contribution >= 0.6 is 0 Å². The predicted molar refractivity (Wildman–Crippen MR) is 154 cm³/mol. The molecule has 0 fully saturated rings. The Bertz CT molecular complexity index is 1210. The van der Waals surface area contributed by atoms with Gasteiger partial charge in [-0.05, 0) is 74.1 Å². The molecule has 14 heteroatoms. The van der Waals surface area contributed by atoms with E-state index < -0.39 is 41.2 Å². The number of nitrogens with two attached hydrogens (primary N) is 3. The number of amides is 2. The fraction of sp³-hybridized carbons (Fsp3) is 0.500. The van der Waals surface area contributed by atoms with Crippen LogP contribution in [0.2, 0.25) is 0 Å². The highest BCUT2D eigenvalue weighted by molar-refractivity contribution is 6.49. The van der Waals surface area contributed by atoms with E-state index in [0.29, 0.717) is 61.7 Å². The van der Waals surface area contributed by atoms with Gasteiger partial charge in [0.2, 0.25) is 5.91 Å². The molecule has 1 aliphatic heterocycles. The van der Waals surface area contributed by atoms with Crippen LogP contribution in [-0.2, 0) is 32.4 Å². The number of anilines is 1. The molecular weight excluding hydrogens is 552 g/mol. The Morgan fingerprint density at radius 2 is 1.71 bits per heavy atom. The molecule has 0 unspecified atom stereocenters. The topological polar surface area (TPSA) is 160 Å². The van der Waals surface area contributed by atoms with Crippen LogP contribution in [0.15, 0.2) is 42.5 Å². The molecule has 1 radical (unpaired) electrons. The minimum Gasteiger partial charge on any atom is -0.426 e. The average Bonchev–Trinajstić information content (AvgIpc) is 3.25. The molecule has 8 N–H and O–H groups in total. The summed E-state index contributed by atoms with van der Waals surface area (Å²) in [7, 11) is 1.53. The summed E-state index contributed by atoms with van der Waals surface area (Å²) >= 11 is 0. The number of hydrogen-bond acceptors (Lipinski definition) is 8. The number of fused-ring (bicyclic) bond motifs is 1. The Morgan fingerprint density at radius 1 is 1.07 bits per heavy atom. The van der Waals surface area contributed by atoms with E-state index in [4.69, 9.17) is 21.9 Å². The van der Waals surface area contributed by atoms with Gasteiger partial charge in [0, 0.05) is 32.6 Å². The quantitative estimate of drug-likeness (QED) is 0.124. The number of benzene rings is 2. The largest absolute Gasteiger partial charge is 0.426 e. The Balaban J connectivity index is 1.76. The first-order chi connectivity index (χ1) is 19.8. The van der Waals surface area contributed by atoms with Crippen LogP contribution in [0.3, 0.4) is 0 Å². The third-order valence-corrected chi connectivity index (χ3v) is 7.17. The molecule has 10 nitrogen and oxygen atoms in total. The first-order valence-corrected chi connectivity index (χ1v) is 13.8. The van der Waals surface area contributed by atoms with Crippen molar-refractivity contribution in [2.24, 2.45) is 17.2 Å². The maximum Gasteiger partial charge on any atom is 0.416 e. The minimum atomic E-state index is -4.52. The van der Waals surface area contributed by atoms with Crippen molar-refractivity contribution >= 4 is 30.4 Å². The molecule has 229 valence electrons. The van der Waals surface area contributed by atoms with E-state index >= 15 is 0 Å². The van der Waals surface area contributed by atoms with E-state index in [1.807, 2.05) is 13.8 Å². The summed E-state index contributed by atoms with van der Waals surface area (Å²) in [6.07, 6.45) is -3.83. The number of halogens is 3. The monoisotopic (exact) mass is 591 g/mol. The molecule has 0 bridgehead atoms. The Hall–Kier alpha value is -3.01. The molecule has 0 saturated carbocycles. The Morgan fingerprint density at radius 3 is 2.31 bits per heavy atom. The van der Waals surface area contributed by atoms with Gasteiger partial charge in [0.25, 0.3) is 5.91 Å². The number of alkyl halides is 3. The van der Waals surface area contributed by atoms with Gasteiger partial charge >= 0.3 is 13.7 Å². The van der Waals surface area contributed by atoms with Crippen LogP contribution in [0, 0.1) is 0 Å². The molecule has 2 atom stereocenters. The summed E-state index contributed by atoms with van der Waals surface area (Å²) in [6, 6.07) is 6.79. The highest BCUT2D eigenvalue weighted by atomic mass is 19.4. The zero-order chi connectivity index (χ0) is 31.1. The van der Waals surface area contributed by atoms with Crippen LogP contribution in [0.5, 0.6) is 0 Å². The number of carbonyl (C=O) groups excluding carboxylic acids is 2. The van der Waals surface area contributed by atoms with Gasteiger partial charge in [0.15, 0.2) is 0 Å². The molecule has 2 aromatic rings. The third-order valence-electron chi connectivity index (χ3n) is 7.17. The first-order valence-electron chi connectivity index (χ1n) is 13.8. The standard InChI is InChI=1S/C28H39BF3N6O4/c1-27(2)21-10-9-20(17-22(21)29-42-27)38(41)26(40)24(16-18-5-7-19(8-6-18)28(30,31)32)36-25(39)23(35)4-3-13-37(14-11-33)15-12-34/h5-10,17,23-24,41H,3-4,11-16,33-35H2,1-2H3,(H,36,39)/t23-,24+/m0/s1. The lowest BCUT2D eigenvalue weighted by atomic mass is 9.84. The second kappa shape index (κ2) is 14.4. The Kier molecular flexibility index (Phi) is 11.5. The molecule has 3 rings (SSSR count). The molecule has 1 aliphatic rings. The van der Waals surface area contributed by atoms with Crippen molar-refractivity contribution in [1.82, 2.24) is 10.2 Å². The summed E-state index contributed by atoms with van der Waals surface area (Å²) in [5.74, 6) is -1.51. The predicted octanol–water partition coefficient (Wildman–Crippen LogP) is 0.992. The van der Waals surface area contributed by atoms with Crippen molar-refractivity contribution in [1.29, 1.82) is 0 Å². The lowest BCUT2D eigenvalue weighted by molar-refractivity contribution is -0.137. The summed E-state index contributed by atoms with van der Waals surface area (Å²) in [5.41, 5.74) is 18.0. The minimum absolute atomic E-state index is 0.132. The third kappa shape index (κ3) is 8.75. The van der Waals surface area contributed by atoms with E-state index in [0.717, 1.165) is 17.7 Å². The zero-order valence-electron chi connectivity index (χ0n) is 23.9. The number of carbonyl (C=O) groups is 2. The molecule has 0 spiro atoms. The number of hydroxylamine groups is 1. The van der Waals surface area contributed by atoms with Crippen molar-refractivity contribution in [2.45, 2.75) is 57.0 Å². The van der Waals surface area contributed by atoms with E-state index in [1.54, 1.807) is 12.1 Å². The van der Waals surface area contributed by atoms with Crippen LogP contribution in [0.4, 0.5) is 18.9 Å². The van der Waals surface area contributed by atoms with Crippen LogP contribution < -0.4 is 33.0 Å². The fourth-order valence-corrected chi connectivity index (χ4v) is 4.79. The van der Waals surface area contributed by atoms with Gasteiger partial charge in [-0.1, -0.05) is 18.2 Å². The molecule has 2 amide bonds. The van der Waals surface area contributed by atoms with Crippen LogP contribution in [0.1, 0.15) is 43.4 Å². The lowest BCUT2D eigenvalue weighted by Crippen LogP contribution is -2.53. The van der Waals surface area contributed by atoms with Gasteiger partial charge in [-0.25, -0.2) is 0 Å². The summed E-state index contributed by atoms with van der Waals surface area (Å²) < 4.78 is 44.8. The zero-order valence-corrected chi connectivity index (χ0v) is 23.9. The SMILES string of the molecule is CC1(C)O[B]c2cc(N(O)C(=O)[C@@H](Cc3ccc(C(F)(F)F)cc3)NC(=O)[C@@H](N)CCCN(CCN)CCN)ccc21. The Labute approximate surface area is 244 Å². The van der Waals surface area contributed by atoms with Gasteiger partial charge in [-0.2, -0.15) is 18.2 Å². The molecule has 1 heterocycles. The molecule has 0 aliphatic carbocycles. The maximum atomic E-state index is 13.5. The highest BCUT2D eigenvalue weighted by Crippen LogP contribution is 2.30. The fourth-order valence-electron chi connectivity index (χ4n) is 4.79. The van der Waals surface area contributed by atoms with Gasteiger partial charge in [0.1, 0.15) is 6.04 Å². The van der Waals surface area contributed by atoms with Crippen molar-refractivity contribution in [3.8, 4) is 0 Å². The van der Waals surface area contributed by atoms with Crippen LogP contribution in [-0.4, -0.2) is 74.2 Å². The van der Waals surface area contributed by atoms with E-state index in [2.05, 4.69) is 10.2 Å². The van der Waals surface area contributed by atoms with Crippen molar-refractivity contribution in [2.75, 3.05) is 37.8 Å². The second-order valence-corrected chi connectivity index (χ2v) is 10.8. The summed E-state index contributed by atoms with van der Waals surface area (Å²) in [4.78, 5) is 28.6. The maximum absolute atomic E-state index is 13.5. The van der Waals surface area contributed by atoms with Gasteiger partial charge < -0.3 is 32.1 Å². The summed E-state index contributed by atoms with van der Waals surface area (Å²) in [5, 5.41) is 13.9. The average molecular weight is 591 g/mol. The smallest absolute Gasteiger partial charge is 0.416 e. The number of hydrogen-bond donors (Lipinski definition) is 5. The van der Waals surface area contributed by atoms with Gasteiger partial charge in [-0.15, -0.1) is 0 Å². The van der Waals surface area contributed by atoms with Crippen molar-refractivity contribution < 1.29 is 32.6 Å². The van der Waals surface area contributed by atoms with Crippen molar-refractivity contribution in [3.05, 3.63) is 59.2 Å². The highest BCUT2D eigenvalue weighted by Gasteiger charge is 2.34. The summed E-state index contributed by atoms with van der Waals surface area (Å²) in [6.45, 7) is 6.62. The number of nitrogens with one attached hydrogen (secondary N) is 1. The van der Waals surface area contributed by atoms with Crippen LogP contribution in [0.25, 0.3) is 0 Å².